The summed E-state index contributed by atoms with van der Waals surface area (Å²) >= 11 is 0. The summed E-state index contributed by atoms with van der Waals surface area (Å²) in [6, 6.07) is 0. The molecule has 0 saturated heterocycles. The van der Waals surface area contributed by atoms with Gasteiger partial charge in [-0.05, 0) is 68.3 Å². The van der Waals surface area contributed by atoms with Gasteiger partial charge in [0.05, 0.1) is 6.61 Å². The van der Waals surface area contributed by atoms with Gasteiger partial charge in [-0.1, -0.05) is 71.3 Å². The first-order valence-corrected chi connectivity index (χ1v) is 14.6. The molecule has 8 atom stereocenters. The van der Waals surface area contributed by atoms with Gasteiger partial charge in [0.15, 0.2) is 5.78 Å². The molecule has 0 N–H and O–H groups in total. The highest BCUT2D eigenvalue weighted by Crippen LogP contribution is 2.64. The van der Waals surface area contributed by atoms with Crippen molar-refractivity contribution in [2.24, 2.45) is 35.0 Å². The number of hydrogen-bond acceptors (Lipinski definition) is 4. The fraction of sp³-hybridized carbons (Fsp3) is 0.867. The number of halogens is 1. The zero-order valence-corrected chi connectivity index (χ0v) is 22.2. The molecule has 0 amide bonds. The number of carbonyl (C=O) groups is 2. The highest BCUT2D eigenvalue weighted by atomic mass is 19.1. The lowest BCUT2D eigenvalue weighted by Gasteiger charge is -2.56. The fourth-order valence-electron chi connectivity index (χ4n) is 8.27. The Bertz CT molecular complexity index is 778. The average molecular weight is 491 g/mol. The molecular formula is C30H47FO4. The van der Waals surface area contributed by atoms with Gasteiger partial charge in [-0.15, -0.1) is 0 Å². The largest absolute Gasteiger partial charge is 0.508 e. The number of allylic oxidation sites excluding steroid dienone is 1. The first-order valence-electron chi connectivity index (χ1n) is 14.6. The van der Waals surface area contributed by atoms with Gasteiger partial charge in [0.25, 0.3) is 0 Å². The van der Waals surface area contributed by atoms with Crippen molar-refractivity contribution in [3.05, 3.63) is 11.6 Å². The third-order valence-corrected chi connectivity index (χ3v) is 9.94. The van der Waals surface area contributed by atoms with Gasteiger partial charge in [-0.25, -0.2) is 9.18 Å². The average Bonchev–Trinajstić information content (AvgIpc) is 3.12. The molecule has 4 aliphatic carbocycles. The van der Waals surface area contributed by atoms with Gasteiger partial charge >= 0.3 is 6.16 Å². The number of fused-ring (bicyclic) bond motifs is 5. The third-order valence-electron chi connectivity index (χ3n) is 9.94. The van der Waals surface area contributed by atoms with Crippen LogP contribution in [0.3, 0.4) is 0 Å². The van der Waals surface area contributed by atoms with Crippen LogP contribution in [0.2, 0.25) is 0 Å². The molecule has 3 fully saturated rings. The molecule has 0 bridgehead atoms. The number of alkyl halides is 1. The van der Waals surface area contributed by atoms with Crippen LogP contribution in [0.15, 0.2) is 11.6 Å². The van der Waals surface area contributed by atoms with Crippen LogP contribution in [-0.2, 0) is 14.3 Å². The molecule has 4 nitrogen and oxygen atoms in total. The Morgan fingerprint density at radius 3 is 2.51 bits per heavy atom. The van der Waals surface area contributed by atoms with Crippen molar-refractivity contribution in [1.29, 1.82) is 0 Å². The van der Waals surface area contributed by atoms with Crippen LogP contribution in [0.25, 0.3) is 0 Å². The molecule has 0 aromatic heterocycles. The molecule has 4 aliphatic rings. The Morgan fingerprint density at radius 1 is 1.06 bits per heavy atom. The molecule has 5 heteroatoms. The van der Waals surface area contributed by atoms with Gasteiger partial charge in [0.2, 0.25) is 0 Å². The minimum absolute atomic E-state index is 0.00356. The van der Waals surface area contributed by atoms with Crippen LogP contribution >= 0.6 is 0 Å². The van der Waals surface area contributed by atoms with E-state index >= 15 is 4.39 Å². The molecule has 3 saturated carbocycles. The van der Waals surface area contributed by atoms with Crippen molar-refractivity contribution in [3.8, 4) is 0 Å². The van der Waals surface area contributed by atoms with Crippen molar-refractivity contribution in [2.45, 2.75) is 123 Å². The molecule has 0 heterocycles. The van der Waals surface area contributed by atoms with E-state index in [1.54, 1.807) is 0 Å². The van der Waals surface area contributed by atoms with E-state index < -0.39 is 12.3 Å². The van der Waals surface area contributed by atoms with Gasteiger partial charge in [-0.2, -0.15) is 0 Å². The smallest absolute Gasteiger partial charge is 0.434 e. The monoisotopic (exact) mass is 490 g/mol. The Morgan fingerprint density at radius 2 is 1.77 bits per heavy atom. The Balaban J connectivity index is 1.28. The Hall–Kier alpha value is -1.39. The minimum Gasteiger partial charge on any atom is -0.434 e. The maximum absolute atomic E-state index is 15.9. The van der Waals surface area contributed by atoms with Gasteiger partial charge in [0.1, 0.15) is 12.3 Å². The number of ether oxygens (including phenoxy) is 2. The summed E-state index contributed by atoms with van der Waals surface area (Å²) in [6.07, 6.45) is 14.1. The SMILES string of the molecule is CCCCCCCCCCOC(=O)O[C@H]1CC[C@H]2[C@H]3[C@H]([C@@H](F)C[C@]12C)[C@H]1CCC(=O)C=C1C[C@H]3C. The molecule has 198 valence electrons. The highest BCUT2D eigenvalue weighted by molar-refractivity contribution is 5.91. The maximum atomic E-state index is 15.9. The topological polar surface area (TPSA) is 52.6 Å². The number of hydrogen-bond donors (Lipinski definition) is 0. The second-order valence-electron chi connectivity index (χ2n) is 12.3. The summed E-state index contributed by atoms with van der Waals surface area (Å²) in [4.78, 5) is 24.5. The summed E-state index contributed by atoms with van der Waals surface area (Å²) in [5, 5.41) is 0. The predicted molar refractivity (Wildman–Crippen MR) is 136 cm³/mol. The van der Waals surface area contributed by atoms with Crippen LogP contribution in [0.1, 0.15) is 111 Å². The first kappa shape index (κ1) is 26.7. The molecule has 0 spiro atoms. The van der Waals surface area contributed by atoms with Gasteiger partial charge in [-0.3, -0.25) is 4.79 Å². The lowest BCUT2D eigenvalue weighted by molar-refractivity contribution is -0.123. The van der Waals surface area contributed by atoms with Crippen LogP contribution in [0.5, 0.6) is 0 Å². The fourth-order valence-corrected chi connectivity index (χ4v) is 8.27. The summed E-state index contributed by atoms with van der Waals surface area (Å²) in [6.45, 7) is 7.02. The molecule has 0 aliphatic heterocycles. The first-order chi connectivity index (χ1) is 16.8. The van der Waals surface area contributed by atoms with Crippen LogP contribution in [0.4, 0.5) is 9.18 Å². The van der Waals surface area contributed by atoms with E-state index in [2.05, 4.69) is 20.8 Å². The quantitative estimate of drug-likeness (QED) is 0.230. The highest BCUT2D eigenvalue weighted by Gasteiger charge is 2.62. The Kier molecular flexibility index (Phi) is 8.97. The number of rotatable bonds is 10. The molecule has 0 aromatic rings. The number of carbonyl (C=O) groups excluding carboxylic acids is 2. The summed E-state index contributed by atoms with van der Waals surface area (Å²) < 4.78 is 27.2. The predicted octanol–water partition coefficient (Wildman–Crippen LogP) is 7.98. The summed E-state index contributed by atoms with van der Waals surface area (Å²) in [7, 11) is 0. The zero-order valence-electron chi connectivity index (χ0n) is 22.2. The third kappa shape index (κ3) is 5.80. The normalized spacial score (nSPS) is 38.2. The molecular weight excluding hydrogens is 443 g/mol. The van der Waals surface area contributed by atoms with E-state index in [0.29, 0.717) is 37.2 Å². The lowest BCUT2D eigenvalue weighted by atomic mass is 9.49. The van der Waals surface area contributed by atoms with Crippen molar-refractivity contribution in [2.75, 3.05) is 6.61 Å². The molecule has 0 unspecified atom stereocenters. The standard InChI is InChI=1S/C30H47FO4/c1-4-5-6-7-8-9-10-11-16-34-29(33)35-26-15-14-24-27-20(2)17-21-18-22(32)12-13-23(21)28(27)25(31)19-30(24,26)3/h18,20,23-28H,4-17,19H2,1-3H3/t20-,23+,24+,25+,26+,27+,28+,30+/m1/s1. The Labute approximate surface area is 211 Å². The van der Waals surface area contributed by atoms with E-state index in [0.717, 1.165) is 38.5 Å². The van der Waals surface area contributed by atoms with E-state index in [9.17, 15) is 9.59 Å². The van der Waals surface area contributed by atoms with E-state index in [4.69, 9.17) is 9.47 Å². The number of unbranched alkanes of at least 4 members (excludes halogenated alkanes) is 7. The van der Waals surface area contributed by atoms with Crippen molar-refractivity contribution < 1.29 is 23.5 Å². The minimum atomic E-state index is -0.914. The van der Waals surface area contributed by atoms with Gasteiger partial charge in [0, 0.05) is 17.8 Å². The molecule has 4 rings (SSSR count). The van der Waals surface area contributed by atoms with Crippen LogP contribution in [0, 0.1) is 35.0 Å². The van der Waals surface area contributed by atoms with E-state index in [1.165, 1.54) is 44.1 Å². The number of ketones is 1. The lowest BCUT2D eigenvalue weighted by Crippen LogP contribution is -2.55. The molecule has 0 radical (unpaired) electrons. The second kappa shape index (κ2) is 11.8. The van der Waals surface area contributed by atoms with Crippen molar-refractivity contribution >= 4 is 11.9 Å². The van der Waals surface area contributed by atoms with Gasteiger partial charge < -0.3 is 9.47 Å². The molecule has 0 aromatic carbocycles. The van der Waals surface area contributed by atoms with Crippen molar-refractivity contribution in [3.63, 3.8) is 0 Å². The van der Waals surface area contributed by atoms with E-state index in [-0.39, 0.29) is 29.1 Å². The summed E-state index contributed by atoms with van der Waals surface area (Å²) in [5.41, 5.74) is 0.856. The van der Waals surface area contributed by atoms with Crippen LogP contribution < -0.4 is 0 Å². The van der Waals surface area contributed by atoms with Crippen LogP contribution in [-0.4, -0.2) is 30.8 Å². The maximum Gasteiger partial charge on any atom is 0.508 e. The molecule has 35 heavy (non-hydrogen) atoms. The second-order valence-corrected chi connectivity index (χ2v) is 12.3. The van der Waals surface area contributed by atoms with E-state index in [1.807, 2.05) is 6.08 Å². The zero-order chi connectivity index (χ0) is 25.0. The summed E-state index contributed by atoms with van der Waals surface area (Å²) in [5.74, 6) is 1.43. The van der Waals surface area contributed by atoms with Crippen molar-refractivity contribution in [1.82, 2.24) is 0 Å².